The third-order valence-corrected chi connectivity index (χ3v) is 5.16. The maximum atomic E-state index is 12.4. The van der Waals surface area contributed by atoms with Gasteiger partial charge in [-0.3, -0.25) is 4.79 Å². The number of rotatable bonds is 5. The smallest absolute Gasteiger partial charge is 0.268 e. The van der Waals surface area contributed by atoms with E-state index in [0.29, 0.717) is 24.0 Å². The lowest BCUT2D eigenvalue weighted by Crippen LogP contribution is -2.36. The van der Waals surface area contributed by atoms with Gasteiger partial charge in [0.1, 0.15) is 5.69 Å². The monoisotopic (exact) mass is 303 g/mol. The van der Waals surface area contributed by atoms with Gasteiger partial charge in [-0.1, -0.05) is 19.9 Å². The molecule has 1 amide bonds. The number of hydrogen-bond acceptors (Lipinski definition) is 3. The fourth-order valence-corrected chi connectivity index (χ4v) is 3.33. The van der Waals surface area contributed by atoms with E-state index in [4.69, 9.17) is 5.73 Å². The zero-order valence-corrected chi connectivity index (χ0v) is 13.2. The number of carbonyl (C=O) groups is 1. The average molecular weight is 303 g/mol. The second-order valence-electron chi connectivity index (χ2n) is 6.34. The maximum Gasteiger partial charge on any atom is 0.268 e. The van der Waals surface area contributed by atoms with Crippen LogP contribution in [-0.4, -0.2) is 17.0 Å². The quantitative estimate of drug-likeness (QED) is 0.891. The fraction of sp³-hybridized carbons (Fsp3) is 0.438. The molecule has 21 heavy (non-hydrogen) atoms. The van der Waals surface area contributed by atoms with Crippen molar-refractivity contribution in [2.24, 2.45) is 0 Å². The van der Waals surface area contributed by atoms with Gasteiger partial charge in [0, 0.05) is 29.1 Å². The first-order valence-electron chi connectivity index (χ1n) is 7.27. The highest BCUT2D eigenvalue weighted by Crippen LogP contribution is 2.37. The van der Waals surface area contributed by atoms with Crippen molar-refractivity contribution in [2.75, 3.05) is 12.3 Å². The maximum absolute atomic E-state index is 12.4. The molecule has 2 heterocycles. The van der Waals surface area contributed by atoms with Crippen molar-refractivity contribution in [1.29, 1.82) is 0 Å². The van der Waals surface area contributed by atoms with Gasteiger partial charge in [0.2, 0.25) is 0 Å². The Bertz CT molecular complexity index is 639. The lowest BCUT2D eigenvalue weighted by molar-refractivity contribution is 0.0936. The normalized spacial score (nSPS) is 15.1. The number of amides is 1. The van der Waals surface area contributed by atoms with Gasteiger partial charge in [-0.25, -0.2) is 0 Å². The van der Waals surface area contributed by atoms with Crippen LogP contribution in [0, 0.1) is 0 Å². The minimum absolute atomic E-state index is 0.0387. The van der Waals surface area contributed by atoms with Crippen molar-refractivity contribution in [3.05, 3.63) is 40.3 Å². The number of carbonyl (C=O) groups excluding carboxylic acids is 1. The van der Waals surface area contributed by atoms with Crippen LogP contribution in [0.5, 0.6) is 0 Å². The highest BCUT2D eigenvalue weighted by atomic mass is 32.1. The standard InChI is InChI=1S/C16H21N3OS/c1-16(2,14-4-3-7-21-14)10-18-15(20)13-8-11(17)9-19(13)12-5-6-12/h3-4,7-9,12H,5-6,10,17H2,1-2H3,(H,18,20). The summed E-state index contributed by atoms with van der Waals surface area (Å²) in [5.74, 6) is -0.0387. The molecule has 1 aliphatic rings. The van der Waals surface area contributed by atoms with Gasteiger partial charge in [-0.05, 0) is 30.4 Å². The first-order chi connectivity index (χ1) is 9.97. The van der Waals surface area contributed by atoms with E-state index in [1.54, 1.807) is 17.4 Å². The van der Waals surface area contributed by atoms with Crippen LogP contribution < -0.4 is 11.1 Å². The number of nitrogens with two attached hydrogens (primary N) is 1. The number of anilines is 1. The van der Waals surface area contributed by atoms with Crippen LogP contribution in [0.2, 0.25) is 0 Å². The van der Waals surface area contributed by atoms with E-state index in [-0.39, 0.29) is 11.3 Å². The van der Waals surface area contributed by atoms with Crippen molar-refractivity contribution >= 4 is 22.9 Å². The summed E-state index contributed by atoms with van der Waals surface area (Å²) >= 11 is 1.72. The summed E-state index contributed by atoms with van der Waals surface area (Å²) in [6, 6.07) is 6.38. The summed E-state index contributed by atoms with van der Waals surface area (Å²) in [6.07, 6.45) is 4.14. The molecule has 0 atom stereocenters. The predicted molar refractivity (Wildman–Crippen MR) is 86.8 cm³/mol. The second-order valence-corrected chi connectivity index (χ2v) is 7.29. The Hall–Kier alpha value is -1.75. The molecular weight excluding hydrogens is 282 g/mol. The van der Waals surface area contributed by atoms with Crippen LogP contribution in [0.15, 0.2) is 29.8 Å². The minimum Gasteiger partial charge on any atom is -0.397 e. The molecule has 2 aromatic heterocycles. The Balaban J connectivity index is 1.69. The molecule has 3 rings (SSSR count). The van der Waals surface area contributed by atoms with E-state index in [2.05, 4.69) is 30.6 Å². The number of nitrogen functional groups attached to an aromatic ring is 1. The van der Waals surface area contributed by atoms with Gasteiger partial charge in [0.15, 0.2) is 0 Å². The van der Waals surface area contributed by atoms with Gasteiger partial charge >= 0.3 is 0 Å². The molecule has 0 bridgehead atoms. The Morgan fingerprint density at radius 3 is 2.90 bits per heavy atom. The van der Waals surface area contributed by atoms with Crippen molar-refractivity contribution in [3.8, 4) is 0 Å². The number of aromatic nitrogens is 1. The van der Waals surface area contributed by atoms with E-state index >= 15 is 0 Å². The van der Waals surface area contributed by atoms with Crippen molar-refractivity contribution in [1.82, 2.24) is 9.88 Å². The summed E-state index contributed by atoms with van der Waals surface area (Å²) in [5, 5.41) is 5.12. The molecule has 0 spiro atoms. The van der Waals surface area contributed by atoms with Gasteiger partial charge in [-0.2, -0.15) is 0 Å². The molecule has 3 N–H and O–H groups in total. The molecule has 1 fully saturated rings. The van der Waals surface area contributed by atoms with Gasteiger partial charge in [0.05, 0.1) is 5.69 Å². The van der Waals surface area contributed by atoms with Gasteiger partial charge in [0.25, 0.3) is 5.91 Å². The highest BCUT2D eigenvalue weighted by molar-refractivity contribution is 7.10. The van der Waals surface area contributed by atoms with Crippen molar-refractivity contribution in [3.63, 3.8) is 0 Å². The van der Waals surface area contributed by atoms with E-state index in [1.807, 2.05) is 16.8 Å². The molecule has 2 aromatic rings. The van der Waals surface area contributed by atoms with E-state index in [0.717, 1.165) is 12.8 Å². The SMILES string of the molecule is CC(C)(CNC(=O)c1cc(N)cn1C1CC1)c1cccs1. The molecule has 0 radical (unpaired) electrons. The summed E-state index contributed by atoms with van der Waals surface area (Å²) in [7, 11) is 0. The third-order valence-electron chi connectivity index (χ3n) is 3.92. The summed E-state index contributed by atoms with van der Waals surface area (Å²) in [4.78, 5) is 13.7. The predicted octanol–water partition coefficient (Wildman–Crippen LogP) is 3.17. The third kappa shape index (κ3) is 2.97. The molecule has 5 heteroatoms. The molecule has 4 nitrogen and oxygen atoms in total. The lowest BCUT2D eigenvalue weighted by Gasteiger charge is -2.23. The number of nitrogens with zero attached hydrogens (tertiary/aromatic N) is 1. The van der Waals surface area contributed by atoms with Crippen LogP contribution in [0.3, 0.4) is 0 Å². The molecule has 0 unspecified atom stereocenters. The molecular formula is C16H21N3OS. The van der Waals surface area contributed by atoms with Crippen LogP contribution in [-0.2, 0) is 5.41 Å². The molecule has 1 saturated carbocycles. The topological polar surface area (TPSA) is 60.1 Å². The highest BCUT2D eigenvalue weighted by Gasteiger charge is 2.29. The van der Waals surface area contributed by atoms with E-state index in [1.165, 1.54) is 4.88 Å². The summed E-state index contributed by atoms with van der Waals surface area (Å²) in [6.45, 7) is 4.91. The Kier molecular flexibility index (Phi) is 3.53. The Labute approximate surface area is 129 Å². The van der Waals surface area contributed by atoms with Crippen molar-refractivity contribution in [2.45, 2.75) is 38.1 Å². The van der Waals surface area contributed by atoms with Gasteiger partial charge in [-0.15, -0.1) is 11.3 Å². The fourth-order valence-electron chi connectivity index (χ4n) is 2.48. The first kappa shape index (κ1) is 14.2. The molecule has 0 saturated heterocycles. The minimum atomic E-state index is -0.0631. The number of thiophene rings is 1. The zero-order chi connectivity index (χ0) is 15.0. The van der Waals surface area contributed by atoms with Crippen LogP contribution >= 0.6 is 11.3 Å². The van der Waals surface area contributed by atoms with Crippen LogP contribution in [0.25, 0.3) is 0 Å². The first-order valence-corrected chi connectivity index (χ1v) is 8.15. The number of hydrogen-bond donors (Lipinski definition) is 2. The van der Waals surface area contributed by atoms with Gasteiger partial charge < -0.3 is 15.6 Å². The van der Waals surface area contributed by atoms with Crippen LogP contribution in [0.1, 0.15) is 48.1 Å². The average Bonchev–Trinajstić information content (AvgIpc) is 2.98. The summed E-state index contributed by atoms with van der Waals surface area (Å²) < 4.78 is 2.02. The molecule has 0 aliphatic heterocycles. The molecule has 1 aliphatic carbocycles. The Morgan fingerprint density at radius 2 is 2.29 bits per heavy atom. The van der Waals surface area contributed by atoms with Crippen molar-refractivity contribution < 1.29 is 4.79 Å². The molecule has 0 aromatic carbocycles. The largest absolute Gasteiger partial charge is 0.397 e. The second kappa shape index (κ2) is 5.22. The van der Waals surface area contributed by atoms with E-state index < -0.39 is 0 Å². The zero-order valence-electron chi connectivity index (χ0n) is 12.4. The molecule has 112 valence electrons. The van der Waals surface area contributed by atoms with Crippen LogP contribution in [0.4, 0.5) is 5.69 Å². The van der Waals surface area contributed by atoms with E-state index in [9.17, 15) is 4.79 Å². The Morgan fingerprint density at radius 1 is 1.52 bits per heavy atom. The summed E-state index contributed by atoms with van der Waals surface area (Å²) in [5.41, 5.74) is 7.11. The number of nitrogens with one attached hydrogen (secondary N) is 1. The lowest BCUT2D eigenvalue weighted by atomic mass is 9.91.